The number of rotatable bonds is 6. The monoisotopic (exact) mass is 290 g/mol. The topological polar surface area (TPSA) is 52.6 Å². The van der Waals surface area contributed by atoms with Gasteiger partial charge in [0.15, 0.2) is 11.6 Å². The molecule has 0 saturated heterocycles. The molecule has 0 saturated carbocycles. The van der Waals surface area contributed by atoms with Gasteiger partial charge < -0.3 is 9.47 Å². The molecule has 0 fully saturated rings. The van der Waals surface area contributed by atoms with Crippen molar-refractivity contribution in [2.75, 3.05) is 13.2 Å². The molecule has 1 rings (SSSR count). The molecule has 0 N–H and O–H groups in total. The minimum atomic E-state index is -0.132. The second-order valence-corrected chi connectivity index (χ2v) is 4.51. The van der Waals surface area contributed by atoms with Crippen molar-refractivity contribution in [1.82, 2.24) is 0 Å². The summed E-state index contributed by atoms with van der Waals surface area (Å²) in [4.78, 5) is 21.7. The van der Waals surface area contributed by atoms with Gasteiger partial charge in [-0.3, -0.25) is 9.59 Å². The Hall–Kier alpha value is -1.26. The SMILES string of the molecule is CC(=O)COc1cc(OCC(C)=O)c(Cl)cc1Cl. The zero-order chi connectivity index (χ0) is 13.7. The van der Waals surface area contributed by atoms with Crippen LogP contribution in [0.2, 0.25) is 10.0 Å². The molecule has 0 bridgehead atoms. The summed E-state index contributed by atoms with van der Waals surface area (Å²) in [6.45, 7) is 2.62. The molecule has 0 spiro atoms. The van der Waals surface area contributed by atoms with Crippen LogP contribution >= 0.6 is 23.2 Å². The molecule has 98 valence electrons. The van der Waals surface area contributed by atoms with E-state index in [2.05, 4.69) is 0 Å². The van der Waals surface area contributed by atoms with Gasteiger partial charge in [0.25, 0.3) is 0 Å². The van der Waals surface area contributed by atoms with Gasteiger partial charge in [-0.05, 0) is 19.9 Å². The normalized spacial score (nSPS) is 10.0. The standard InChI is InChI=1S/C12H12Cl2O4/c1-7(15)5-17-11-4-12(18-6-8(2)16)10(14)3-9(11)13/h3-4H,5-6H2,1-2H3. The van der Waals surface area contributed by atoms with Crippen molar-refractivity contribution in [3.05, 3.63) is 22.2 Å². The van der Waals surface area contributed by atoms with Gasteiger partial charge in [0.05, 0.1) is 10.0 Å². The molecule has 0 amide bonds. The van der Waals surface area contributed by atoms with Gasteiger partial charge in [0.2, 0.25) is 0 Å². The number of halogens is 2. The van der Waals surface area contributed by atoms with Crippen molar-refractivity contribution < 1.29 is 19.1 Å². The van der Waals surface area contributed by atoms with Crippen molar-refractivity contribution in [2.24, 2.45) is 0 Å². The van der Waals surface area contributed by atoms with E-state index in [9.17, 15) is 9.59 Å². The molecule has 4 nitrogen and oxygen atoms in total. The quantitative estimate of drug-likeness (QED) is 0.808. The van der Waals surface area contributed by atoms with Crippen LogP contribution in [0.25, 0.3) is 0 Å². The number of ketones is 2. The molecular formula is C12H12Cl2O4. The second kappa shape index (κ2) is 6.61. The van der Waals surface area contributed by atoms with Gasteiger partial charge in [0, 0.05) is 6.07 Å². The molecule has 18 heavy (non-hydrogen) atoms. The number of Topliss-reactive ketones (excluding diaryl/α,β-unsaturated/α-hetero) is 2. The number of hydrogen-bond donors (Lipinski definition) is 0. The summed E-state index contributed by atoms with van der Waals surface area (Å²) in [5.41, 5.74) is 0. The van der Waals surface area contributed by atoms with Crippen LogP contribution < -0.4 is 9.47 Å². The molecule has 0 radical (unpaired) electrons. The molecular weight excluding hydrogens is 279 g/mol. The summed E-state index contributed by atoms with van der Waals surface area (Å²) in [6.07, 6.45) is 0. The highest BCUT2D eigenvalue weighted by Gasteiger charge is 2.11. The predicted octanol–water partition coefficient (Wildman–Crippen LogP) is 2.93. The highest BCUT2D eigenvalue weighted by Crippen LogP contribution is 2.35. The van der Waals surface area contributed by atoms with Gasteiger partial charge >= 0.3 is 0 Å². The van der Waals surface area contributed by atoms with Crippen molar-refractivity contribution in [2.45, 2.75) is 13.8 Å². The summed E-state index contributed by atoms with van der Waals surface area (Å²) in [5, 5.41) is 0.549. The Kier molecular flexibility index (Phi) is 5.44. The van der Waals surface area contributed by atoms with Gasteiger partial charge in [-0.25, -0.2) is 0 Å². The third-order valence-corrected chi connectivity index (χ3v) is 2.44. The van der Waals surface area contributed by atoms with E-state index in [0.29, 0.717) is 0 Å². The fraction of sp³-hybridized carbons (Fsp3) is 0.333. The van der Waals surface area contributed by atoms with E-state index in [0.717, 1.165) is 0 Å². The Balaban J connectivity index is 2.87. The summed E-state index contributed by atoms with van der Waals surface area (Å²) in [7, 11) is 0. The molecule has 1 aromatic carbocycles. The molecule has 0 aromatic heterocycles. The molecule has 0 aliphatic heterocycles. The van der Waals surface area contributed by atoms with Crippen LogP contribution in [-0.4, -0.2) is 24.8 Å². The lowest BCUT2D eigenvalue weighted by Crippen LogP contribution is -2.09. The van der Waals surface area contributed by atoms with Crippen LogP contribution in [0.5, 0.6) is 11.5 Å². The van der Waals surface area contributed by atoms with Crippen molar-refractivity contribution in [3.63, 3.8) is 0 Å². The Morgan fingerprint density at radius 2 is 1.33 bits per heavy atom. The fourth-order valence-electron chi connectivity index (χ4n) is 1.09. The van der Waals surface area contributed by atoms with E-state index in [1.165, 1.54) is 26.0 Å². The minimum Gasteiger partial charge on any atom is -0.484 e. The van der Waals surface area contributed by atoms with E-state index < -0.39 is 0 Å². The molecule has 6 heteroatoms. The Labute approximate surface area is 115 Å². The number of ether oxygens (including phenoxy) is 2. The summed E-state index contributed by atoms with van der Waals surface area (Å²) >= 11 is 11.8. The first-order valence-electron chi connectivity index (χ1n) is 5.13. The van der Waals surface area contributed by atoms with Crippen LogP contribution in [0.1, 0.15) is 13.8 Å². The maximum atomic E-state index is 10.8. The van der Waals surface area contributed by atoms with Gasteiger partial charge in [0.1, 0.15) is 24.7 Å². The maximum absolute atomic E-state index is 10.8. The molecule has 0 unspecified atom stereocenters. The lowest BCUT2D eigenvalue weighted by Gasteiger charge is -2.11. The molecule has 0 aliphatic rings. The Morgan fingerprint density at radius 3 is 1.67 bits per heavy atom. The van der Waals surface area contributed by atoms with E-state index in [4.69, 9.17) is 32.7 Å². The van der Waals surface area contributed by atoms with E-state index in [-0.39, 0.29) is 46.3 Å². The average molecular weight is 291 g/mol. The van der Waals surface area contributed by atoms with Crippen LogP contribution in [0, 0.1) is 0 Å². The highest BCUT2D eigenvalue weighted by atomic mass is 35.5. The summed E-state index contributed by atoms with van der Waals surface area (Å²) in [5.74, 6) is 0.309. The van der Waals surface area contributed by atoms with Gasteiger partial charge in [-0.2, -0.15) is 0 Å². The minimum absolute atomic E-state index is 0.0898. The number of carbonyl (C=O) groups is 2. The van der Waals surface area contributed by atoms with E-state index in [1.54, 1.807) is 0 Å². The van der Waals surface area contributed by atoms with Crippen molar-refractivity contribution >= 4 is 34.8 Å². The van der Waals surface area contributed by atoms with Crippen molar-refractivity contribution in [1.29, 1.82) is 0 Å². The lowest BCUT2D eigenvalue weighted by atomic mass is 10.3. The molecule has 0 aliphatic carbocycles. The molecule has 1 aromatic rings. The Morgan fingerprint density at radius 1 is 0.944 bits per heavy atom. The first-order valence-corrected chi connectivity index (χ1v) is 5.89. The predicted molar refractivity (Wildman–Crippen MR) is 68.8 cm³/mol. The van der Waals surface area contributed by atoms with Crippen molar-refractivity contribution in [3.8, 4) is 11.5 Å². The molecule has 0 atom stereocenters. The number of hydrogen-bond acceptors (Lipinski definition) is 4. The lowest BCUT2D eigenvalue weighted by molar-refractivity contribution is -0.119. The first kappa shape index (κ1) is 14.8. The third-order valence-electron chi connectivity index (χ3n) is 1.85. The van der Waals surface area contributed by atoms with Gasteiger partial charge in [-0.15, -0.1) is 0 Å². The van der Waals surface area contributed by atoms with Crippen LogP contribution in [0.4, 0.5) is 0 Å². The zero-order valence-electron chi connectivity index (χ0n) is 9.96. The average Bonchev–Trinajstić information content (AvgIpc) is 2.26. The largest absolute Gasteiger partial charge is 0.484 e. The smallest absolute Gasteiger partial charge is 0.167 e. The van der Waals surface area contributed by atoms with Gasteiger partial charge in [-0.1, -0.05) is 23.2 Å². The highest BCUT2D eigenvalue weighted by molar-refractivity contribution is 6.36. The first-order chi connectivity index (χ1) is 8.40. The maximum Gasteiger partial charge on any atom is 0.167 e. The van der Waals surface area contributed by atoms with Crippen LogP contribution in [0.3, 0.4) is 0 Å². The molecule has 0 heterocycles. The van der Waals surface area contributed by atoms with E-state index >= 15 is 0 Å². The zero-order valence-corrected chi connectivity index (χ0v) is 11.5. The number of carbonyl (C=O) groups excluding carboxylic acids is 2. The fourth-order valence-corrected chi connectivity index (χ4v) is 1.58. The second-order valence-electron chi connectivity index (χ2n) is 3.69. The Bertz CT molecular complexity index is 432. The van der Waals surface area contributed by atoms with Crippen LogP contribution in [-0.2, 0) is 9.59 Å². The summed E-state index contributed by atoms with van der Waals surface area (Å²) in [6, 6.07) is 2.89. The van der Waals surface area contributed by atoms with Crippen LogP contribution in [0.15, 0.2) is 12.1 Å². The third kappa shape index (κ3) is 4.55. The number of benzene rings is 1. The van der Waals surface area contributed by atoms with E-state index in [1.807, 2.05) is 0 Å². The summed E-state index contributed by atoms with van der Waals surface area (Å²) < 4.78 is 10.4.